The van der Waals surface area contributed by atoms with Crippen LogP contribution in [0.15, 0.2) is 22.7 Å². The van der Waals surface area contributed by atoms with Gasteiger partial charge in [0.1, 0.15) is 0 Å². The Balaban J connectivity index is 1.95. The van der Waals surface area contributed by atoms with Gasteiger partial charge in [-0.05, 0) is 42.5 Å². The lowest BCUT2D eigenvalue weighted by Gasteiger charge is -2.19. The summed E-state index contributed by atoms with van der Waals surface area (Å²) in [7, 11) is 0. The number of aliphatic hydroxyl groups is 1. The summed E-state index contributed by atoms with van der Waals surface area (Å²) in [6.45, 7) is 1.08. The van der Waals surface area contributed by atoms with Crippen LogP contribution in [0.5, 0.6) is 0 Å². The third-order valence-electron chi connectivity index (χ3n) is 3.46. The molecule has 1 aliphatic carbocycles. The number of hydrogen-bond acceptors (Lipinski definition) is 2. The van der Waals surface area contributed by atoms with Crippen LogP contribution in [0.4, 0.5) is 0 Å². The van der Waals surface area contributed by atoms with Gasteiger partial charge in [0.25, 0.3) is 0 Å². The Labute approximate surface area is 115 Å². The fraction of sp³-hybridized carbons (Fsp3) is 0.538. The van der Waals surface area contributed by atoms with Crippen molar-refractivity contribution in [2.75, 3.05) is 6.61 Å². The van der Waals surface area contributed by atoms with E-state index in [0.29, 0.717) is 12.0 Å². The van der Waals surface area contributed by atoms with Crippen LogP contribution in [0.1, 0.15) is 24.8 Å². The summed E-state index contributed by atoms with van der Waals surface area (Å²) in [5, 5.41) is 13.5. The van der Waals surface area contributed by atoms with Crippen molar-refractivity contribution in [3.05, 3.63) is 33.3 Å². The largest absolute Gasteiger partial charge is 0.396 e. The van der Waals surface area contributed by atoms with Crippen molar-refractivity contribution in [1.29, 1.82) is 0 Å². The topological polar surface area (TPSA) is 32.3 Å². The first-order valence-corrected chi connectivity index (χ1v) is 7.16. The zero-order chi connectivity index (χ0) is 12.3. The zero-order valence-corrected chi connectivity index (χ0v) is 12.0. The Kier molecular flexibility index (Phi) is 4.86. The number of benzene rings is 1. The molecule has 0 amide bonds. The molecular formula is C13H17BrClNO. The van der Waals surface area contributed by atoms with E-state index in [9.17, 15) is 5.11 Å². The van der Waals surface area contributed by atoms with Gasteiger partial charge in [-0.2, -0.15) is 0 Å². The van der Waals surface area contributed by atoms with Crippen LogP contribution in [-0.2, 0) is 6.54 Å². The first-order valence-electron chi connectivity index (χ1n) is 5.99. The third kappa shape index (κ3) is 3.44. The summed E-state index contributed by atoms with van der Waals surface area (Å²) in [5.41, 5.74) is 1.17. The van der Waals surface area contributed by atoms with Crippen molar-refractivity contribution in [1.82, 2.24) is 5.32 Å². The molecule has 0 aromatic heterocycles. The van der Waals surface area contributed by atoms with Gasteiger partial charge >= 0.3 is 0 Å². The molecule has 4 heteroatoms. The minimum absolute atomic E-state index is 0.286. The maximum Gasteiger partial charge on any atom is 0.0474 e. The third-order valence-corrected chi connectivity index (χ3v) is 4.46. The summed E-state index contributed by atoms with van der Waals surface area (Å²) in [5.74, 6) is 0.410. The van der Waals surface area contributed by atoms with Crippen molar-refractivity contribution >= 4 is 27.5 Å². The van der Waals surface area contributed by atoms with Crippen LogP contribution < -0.4 is 5.32 Å². The summed E-state index contributed by atoms with van der Waals surface area (Å²) in [6, 6.07) is 6.26. The van der Waals surface area contributed by atoms with Gasteiger partial charge in [0.2, 0.25) is 0 Å². The van der Waals surface area contributed by atoms with Crippen LogP contribution in [0.3, 0.4) is 0 Å². The van der Waals surface area contributed by atoms with Crippen molar-refractivity contribution in [3.63, 3.8) is 0 Å². The molecular weight excluding hydrogens is 302 g/mol. The highest BCUT2D eigenvalue weighted by molar-refractivity contribution is 9.10. The van der Waals surface area contributed by atoms with Crippen molar-refractivity contribution < 1.29 is 5.11 Å². The predicted octanol–water partition coefficient (Wildman–Crippen LogP) is 3.35. The highest BCUT2D eigenvalue weighted by Crippen LogP contribution is 2.26. The second-order valence-electron chi connectivity index (χ2n) is 4.60. The monoisotopic (exact) mass is 317 g/mol. The van der Waals surface area contributed by atoms with E-state index in [-0.39, 0.29) is 6.61 Å². The molecule has 1 saturated carbocycles. The maximum absolute atomic E-state index is 9.26. The van der Waals surface area contributed by atoms with E-state index in [1.165, 1.54) is 12.0 Å². The first-order chi connectivity index (χ1) is 8.20. The molecule has 1 aliphatic rings. The molecule has 1 aromatic carbocycles. The number of hydrogen-bond donors (Lipinski definition) is 2. The number of nitrogens with one attached hydrogen (secondary N) is 1. The Hall–Kier alpha value is -0.0900. The first kappa shape index (κ1) is 13.3. The van der Waals surface area contributed by atoms with E-state index >= 15 is 0 Å². The van der Waals surface area contributed by atoms with Gasteiger partial charge in [-0.15, -0.1) is 0 Å². The molecule has 0 spiro atoms. The average Bonchev–Trinajstić information content (AvgIpc) is 2.77. The fourth-order valence-electron chi connectivity index (χ4n) is 2.44. The molecule has 2 atom stereocenters. The SMILES string of the molecule is OCC1CCCC1NCc1cc(Cl)ccc1Br. The molecule has 0 radical (unpaired) electrons. The van der Waals surface area contributed by atoms with Gasteiger partial charge in [0.15, 0.2) is 0 Å². The van der Waals surface area contributed by atoms with Crippen molar-refractivity contribution in [2.24, 2.45) is 5.92 Å². The Morgan fingerprint density at radius 1 is 1.41 bits per heavy atom. The lowest BCUT2D eigenvalue weighted by molar-refractivity contribution is 0.205. The Morgan fingerprint density at radius 3 is 3.00 bits per heavy atom. The molecule has 0 saturated heterocycles. The van der Waals surface area contributed by atoms with E-state index in [1.54, 1.807) is 0 Å². The number of aliphatic hydroxyl groups excluding tert-OH is 1. The Morgan fingerprint density at radius 2 is 2.24 bits per heavy atom. The molecule has 0 bridgehead atoms. The lowest BCUT2D eigenvalue weighted by Crippen LogP contribution is -2.33. The van der Waals surface area contributed by atoms with E-state index in [1.807, 2.05) is 18.2 Å². The van der Waals surface area contributed by atoms with Crippen molar-refractivity contribution in [2.45, 2.75) is 31.8 Å². The van der Waals surface area contributed by atoms with E-state index in [0.717, 1.165) is 28.9 Å². The quantitative estimate of drug-likeness (QED) is 0.892. The molecule has 2 unspecified atom stereocenters. The van der Waals surface area contributed by atoms with Crippen LogP contribution >= 0.6 is 27.5 Å². The van der Waals surface area contributed by atoms with Crippen LogP contribution in [0, 0.1) is 5.92 Å². The molecule has 1 fully saturated rings. The highest BCUT2D eigenvalue weighted by Gasteiger charge is 2.25. The second-order valence-corrected chi connectivity index (χ2v) is 5.89. The summed E-state index contributed by atoms with van der Waals surface area (Å²) >= 11 is 9.50. The minimum atomic E-state index is 0.286. The lowest BCUT2D eigenvalue weighted by atomic mass is 10.0. The molecule has 2 rings (SSSR count). The second kappa shape index (κ2) is 6.19. The minimum Gasteiger partial charge on any atom is -0.396 e. The highest BCUT2D eigenvalue weighted by atomic mass is 79.9. The molecule has 2 N–H and O–H groups in total. The van der Waals surface area contributed by atoms with Crippen LogP contribution in [0.2, 0.25) is 5.02 Å². The van der Waals surface area contributed by atoms with Gasteiger partial charge < -0.3 is 10.4 Å². The smallest absolute Gasteiger partial charge is 0.0474 e. The van der Waals surface area contributed by atoms with Gasteiger partial charge in [-0.25, -0.2) is 0 Å². The van der Waals surface area contributed by atoms with E-state index in [4.69, 9.17) is 11.6 Å². The zero-order valence-electron chi connectivity index (χ0n) is 9.63. The van der Waals surface area contributed by atoms with Gasteiger partial charge in [-0.3, -0.25) is 0 Å². The summed E-state index contributed by atoms with van der Waals surface area (Å²) in [4.78, 5) is 0. The van der Waals surface area contributed by atoms with Crippen LogP contribution in [-0.4, -0.2) is 17.8 Å². The predicted molar refractivity (Wildman–Crippen MR) is 74.2 cm³/mol. The Bertz CT molecular complexity index is 386. The van der Waals surface area contributed by atoms with Crippen LogP contribution in [0.25, 0.3) is 0 Å². The van der Waals surface area contributed by atoms with E-state index < -0.39 is 0 Å². The van der Waals surface area contributed by atoms with Gasteiger partial charge in [0, 0.05) is 28.7 Å². The molecule has 17 heavy (non-hydrogen) atoms. The molecule has 0 aliphatic heterocycles. The summed E-state index contributed by atoms with van der Waals surface area (Å²) in [6.07, 6.45) is 3.49. The normalized spacial score (nSPS) is 24.2. The number of rotatable bonds is 4. The van der Waals surface area contributed by atoms with Gasteiger partial charge in [0.05, 0.1) is 0 Å². The molecule has 94 valence electrons. The molecule has 2 nitrogen and oxygen atoms in total. The van der Waals surface area contributed by atoms with E-state index in [2.05, 4.69) is 21.2 Å². The summed E-state index contributed by atoms with van der Waals surface area (Å²) < 4.78 is 1.08. The number of halogens is 2. The molecule has 0 heterocycles. The maximum atomic E-state index is 9.26. The van der Waals surface area contributed by atoms with Crippen molar-refractivity contribution in [3.8, 4) is 0 Å². The standard InChI is InChI=1S/C13H17BrClNO/c14-12-5-4-11(15)6-10(12)7-16-13-3-1-2-9(13)8-17/h4-6,9,13,16-17H,1-3,7-8H2. The van der Waals surface area contributed by atoms with Gasteiger partial charge in [-0.1, -0.05) is 34.0 Å². The average molecular weight is 319 g/mol. The molecule has 1 aromatic rings. The fourth-order valence-corrected chi connectivity index (χ4v) is 3.03.